The summed E-state index contributed by atoms with van der Waals surface area (Å²) in [5.41, 5.74) is 0.854. The van der Waals surface area contributed by atoms with Crippen molar-refractivity contribution in [1.82, 2.24) is 10.3 Å². The summed E-state index contributed by atoms with van der Waals surface area (Å²) >= 11 is 7.51. The molecule has 0 radical (unpaired) electrons. The molecule has 1 aliphatic rings. The molecule has 0 spiro atoms. The maximum atomic E-state index is 13.5. The molecule has 7 heteroatoms. The van der Waals surface area contributed by atoms with Crippen LogP contribution in [-0.4, -0.2) is 30.2 Å². The van der Waals surface area contributed by atoms with Crippen molar-refractivity contribution in [1.29, 1.82) is 0 Å². The van der Waals surface area contributed by atoms with Crippen LogP contribution in [0, 0.1) is 5.82 Å². The van der Waals surface area contributed by atoms with Crippen LogP contribution in [0.25, 0.3) is 0 Å². The minimum atomic E-state index is -0.280. The van der Waals surface area contributed by atoms with Gasteiger partial charge in [0.05, 0.1) is 17.6 Å². The fraction of sp³-hybridized carbons (Fsp3) is 0.294. The Kier molecular flexibility index (Phi) is 5.26. The number of hydrogen-bond acceptors (Lipinski definition) is 4. The van der Waals surface area contributed by atoms with Gasteiger partial charge in [-0.3, -0.25) is 4.79 Å². The van der Waals surface area contributed by atoms with E-state index in [0.29, 0.717) is 10.8 Å². The Labute approximate surface area is 149 Å². The molecular formula is C17H17ClFN3OS. The predicted octanol–water partition coefficient (Wildman–Crippen LogP) is 3.66. The minimum Gasteiger partial charge on any atom is -0.350 e. The van der Waals surface area contributed by atoms with E-state index >= 15 is 0 Å². The Bertz CT molecular complexity index is 741. The zero-order valence-corrected chi connectivity index (χ0v) is 14.7. The van der Waals surface area contributed by atoms with Crippen molar-refractivity contribution in [3.8, 4) is 0 Å². The Morgan fingerprint density at radius 3 is 3.04 bits per heavy atom. The van der Waals surface area contributed by atoms with Crippen LogP contribution in [0.1, 0.15) is 18.0 Å². The fourth-order valence-corrected chi connectivity index (χ4v) is 3.86. The van der Waals surface area contributed by atoms with E-state index in [2.05, 4.69) is 10.3 Å². The second kappa shape index (κ2) is 7.40. The van der Waals surface area contributed by atoms with Crippen LogP contribution < -0.4 is 10.2 Å². The maximum Gasteiger partial charge on any atom is 0.240 e. The molecule has 0 bridgehead atoms. The van der Waals surface area contributed by atoms with Crippen LogP contribution in [0.5, 0.6) is 0 Å². The third kappa shape index (κ3) is 3.99. The average Bonchev–Trinajstić information content (AvgIpc) is 2.56. The smallest absolute Gasteiger partial charge is 0.240 e. The molecule has 0 aliphatic carbocycles. The largest absolute Gasteiger partial charge is 0.350 e. The van der Waals surface area contributed by atoms with Crippen molar-refractivity contribution >= 4 is 35.1 Å². The molecule has 1 amide bonds. The number of fused-ring (bicyclic) bond motifs is 1. The van der Waals surface area contributed by atoms with Gasteiger partial charge in [0, 0.05) is 23.9 Å². The number of hydrogen-bond donors (Lipinski definition) is 1. The van der Waals surface area contributed by atoms with Crippen LogP contribution in [0.2, 0.25) is 5.02 Å². The average molecular weight is 366 g/mol. The van der Waals surface area contributed by atoms with Crippen molar-refractivity contribution in [2.24, 2.45) is 0 Å². The number of aromatic nitrogens is 1. The highest BCUT2D eigenvalue weighted by Gasteiger charge is 2.23. The number of carbonyl (C=O) groups is 1. The van der Waals surface area contributed by atoms with Gasteiger partial charge in [-0.2, -0.15) is 0 Å². The van der Waals surface area contributed by atoms with Gasteiger partial charge >= 0.3 is 0 Å². The van der Waals surface area contributed by atoms with Crippen molar-refractivity contribution in [3.63, 3.8) is 0 Å². The number of likely N-dealkylation sites (N-methyl/N-ethyl adjacent to an activating group) is 1. The summed E-state index contributed by atoms with van der Waals surface area (Å²) in [6.07, 6.45) is 2.33. The number of nitrogens with zero attached hydrogens (tertiary/aromatic N) is 2. The van der Waals surface area contributed by atoms with Gasteiger partial charge in [-0.25, -0.2) is 9.37 Å². The Morgan fingerprint density at radius 2 is 2.29 bits per heavy atom. The first-order valence-corrected chi connectivity index (χ1v) is 8.93. The number of benzene rings is 1. The summed E-state index contributed by atoms with van der Waals surface area (Å²) in [5.74, 6) is 1.16. The summed E-state index contributed by atoms with van der Waals surface area (Å²) in [6.45, 7) is 0.170. The zero-order valence-electron chi connectivity index (χ0n) is 13.1. The monoisotopic (exact) mass is 365 g/mol. The summed E-state index contributed by atoms with van der Waals surface area (Å²) in [6, 6.07) is 8.08. The Hall–Kier alpha value is -1.79. The standard InChI is InChI=1S/C17H17ClFN3OS/c1-22(16-5-2-11(18)9-20-16)10-17(23)21-14-6-7-24-15-4-3-12(19)8-13(14)15/h2-5,8-9,14H,6-7,10H2,1H3,(H,21,23)/t14-/m0/s1. The predicted molar refractivity (Wildman–Crippen MR) is 95.1 cm³/mol. The van der Waals surface area contributed by atoms with Crippen LogP contribution >= 0.6 is 23.4 Å². The second-order valence-corrected chi connectivity index (χ2v) is 7.20. The molecule has 2 heterocycles. The van der Waals surface area contributed by atoms with Crippen LogP contribution in [0.15, 0.2) is 41.4 Å². The molecule has 1 atom stereocenters. The summed E-state index contributed by atoms with van der Waals surface area (Å²) in [5, 5.41) is 3.55. The molecule has 4 nitrogen and oxygen atoms in total. The molecule has 1 aliphatic heterocycles. The summed E-state index contributed by atoms with van der Waals surface area (Å²) in [4.78, 5) is 19.3. The van der Waals surface area contributed by atoms with E-state index < -0.39 is 0 Å². The number of thioether (sulfide) groups is 1. The van der Waals surface area contributed by atoms with Gasteiger partial charge in [0.1, 0.15) is 11.6 Å². The molecule has 24 heavy (non-hydrogen) atoms. The highest BCUT2D eigenvalue weighted by molar-refractivity contribution is 7.99. The molecule has 0 saturated heterocycles. The van der Waals surface area contributed by atoms with Gasteiger partial charge in [-0.15, -0.1) is 11.8 Å². The van der Waals surface area contributed by atoms with Gasteiger partial charge in [-0.05, 0) is 42.3 Å². The minimum absolute atomic E-state index is 0.124. The van der Waals surface area contributed by atoms with Crippen LogP contribution in [0.3, 0.4) is 0 Å². The Balaban J connectivity index is 1.65. The summed E-state index contributed by atoms with van der Waals surface area (Å²) in [7, 11) is 1.79. The van der Waals surface area contributed by atoms with Crippen molar-refractivity contribution in [2.75, 3.05) is 24.2 Å². The maximum absolute atomic E-state index is 13.5. The van der Waals surface area contributed by atoms with Gasteiger partial charge in [0.15, 0.2) is 0 Å². The van der Waals surface area contributed by atoms with E-state index in [1.165, 1.54) is 12.1 Å². The van der Waals surface area contributed by atoms with Crippen LogP contribution in [-0.2, 0) is 4.79 Å². The normalized spacial score (nSPS) is 16.4. The number of amides is 1. The fourth-order valence-electron chi connectivity index (χ4n) is 2.65. The van der Waals surface area contributed by atoms with Gasteiger partial charge in [0.2, 0.25) is 5.91 Å². The lowest BCUT2D eigenvalue weighted by Gasteiger charge is -2.27. The number of nitrogens with one attached hydrogen (secondary N) is 1. The van der Waals surface area contributed by atoms with E-state index in [9.17, 15) is 9.18 Å². The summed E-state index contributed by atoms with van der Waals surface area (Å²) < 4.78 is 13.5. The second-order valence-electron chi connectivity index (χ2n) is 5.63. The number of anilines is 1. The SMILES string of the molecule is CN(CC(=O)N[C@H]1CCSc2ccc(F)cc21)c1ccc(Cl)cn1. The van der Waals surface area contributed by atoms with E-state index in [1.807, 2.05) is 0 Å². The third-order valence-electron chi connectivity index (χ3n) is 3.83. The molecule has 2 aromatic rings. The molecule has 0 unspecified atom stereocenters. The number of carbonyl (C=O) groups excluding carboxylic acids is 1. The molecule has 1 aromatic carbocycles. The van der Waals surface area contributed by atoms with E-state index in [1.54, 1.807) is 48.1 Å². The molecule has 1 N–H and O–H groups in total. The molecule has 126 valence electrons. The third-order valence-corrected chi connectivity index (χ3v) is 5.18. The lowest BCUT2D eigenvalue weighted by Crippen LogP contribution is -2.38. The van der Waals surface area contributed by atoms with E-state index in [-0.39, 0.29) is 24.3 Å². The van der Waals surface area contributed by atoms with Crippen molar-refractivity contribution < 1.29 is 9.18 Å². The molecule has 1 aromatic heterocycles. The number of halogens is 2. The molecule has 0 saturated carbocycles. The van der Waals surface area contributed by atoms with Crippen molar-refractivity contribution in [2.45, 2.75) is 17.4 Å². The quantitative estimate of drug-likeness (QED) is 0.898. The number of pyridine rings is 1. The van der Waals surface area contributed by atoms with Gasteiger partial charge in [-0.1, -0.05) is 11.6 Å². The Morgan fingerprint density at radius 1 is 1.46 bits per heavy atom. The molecule has 0 fully saturated rings. The van der Waals surface area contributed by atoms with E-state index in [0.717, 1.165) is 22.6 Å². The van der Waals surface area contributed by atoms with E-state index in [4.69, 9.17) is 11.6 Å². The molecular weight excluding hydrogens is 349 g/mol. The van der Waals surface area contributed by atoms with Crippen LogP contribution in [0.4, 0.5) is 10.2 Å². The highest BCUT2D eigenvalue weighted by atomic mass is 35.5. The lowest BCUT2D eigenvalue weighted by atomic mass is 10.0. The number of rotatable bonds is 4. The van der Waals surface area contributed by atoms with Crippen molar-refractivity contribution in [3.05, 3.63) is 52.9 Å². The lowest BCUT2D eigenvalue weighted by molar-refractivity contribution is -0.120. The molecule has 3 rings (SSSR count). The topological polar surface area (TPSA) is 45.2 Å². The van der Waals surface area contributed by atoms with Gasteiger partial charge < -0.3 is 10.2 Å². The zero-order chi connectivity index (χ0) is 17.1. The highest BCUT2D eigenvalue weighted by Crippen LogP contribution is 2.36. The first kappa shape index (κ1) is 17.0. The first-order valence-electron chi connectivity index (χ1n) is 7.57. The van der Waals surface area contributed by atoms with Gasteiger partial charge in [0.25, 0.3) is 0 Å². The first-order chi connectivity index (χ1) is 11.5.